The maximum Gasteiger partial charge on any atom is 0.387 e. The molecule has 2 N–H and O–H groups in total. The maximum absolute atomic E-state index is 12.3. The summed E-state index contributed by atoms with van der Waals surface area (Å²) < 4.78 is 29.0. The molecule has 0 bridgehead atoms. The van der Waals surface area contributed by atoms with Crippen molar-refractivity contribution >= 4 is 0 Å². The van der Waals surface area contributed by atoms with Gasteiger partial charge in [-0.1, -0.05) is 18.6 Å². The molecule has 0 amide bonds. The molecule has 1 aromatic rings. The maximum atomic E-state index is 12.3. The van der Waals surface area contributed by atoms with Crippen molar-refractivity contribution in [1.29, 1.82) is 0 Å². The fourth-order valence-electron chi connectivity index (χ4n) is 2.37. The molecule has 1 aromatic carbocycles. The highest BCUT2D eigenvalue weighted by molar-refractivity contribution is 5.41. The first-order chi connectivity index (χ1) is 8.07. The van der Waals surface area contributed by atoms with E-state index in [0.29, 0.717) is 6.54 Å². The van der Waals surface area contributed by atoms with Crippen LogP contribution in [0.2, 0.25) is 0 Å². The molecule has 0 radical (unpaired) electrons. The number of nitrogens with two attached hydrogens (primary N) is 1. The van der Waals surface area contributed by atoms with Gasteiger partial charge in [0.1, 0.15) is 5.75 Å². The van der Waals surface area contributed by atoms with E-state index >= 15 is 0 Å². The van der Waals surface area contributed by atoms with Crippen LogP contribution < -0.4 is 10.5 Å². The van der Waals surface area contributed by atoms with Crippen molar-refractivity contribution < 1.29 is 13.5 Å². The van der Waals surface area contributed by atoms with E-state index < -0.39 is 6.61 Å². The van der Waals surface area contributed by atoms with Crippen LogP contribution in [0.1, 0.15) is 30.4 Å². The Bertz CT molecular complexity index is 397. The molecule has 0 saturated heterocycles. The van der Waals surface area contributed by atoms with Crippen LogP contribution >= 0.6 is 0 Å². The van der Waals surface area contributed by atoms with E-state index in [0.717, 1.165) is 30.4 Å². The van der Waals surface area contributed by atoms with Gasteiger partial charge in [0.15, 0.2) is 0 Å². The normalized spacial score (nSPS) is 17.9. The molecule has 94 valence electrons. The number of hydrogen-bond donors (Lipinski definition) is 1. The topological polar surface area (TPSA) is 35.2 Å². The van der Waals surface area contributed by atoms with Crippen LogP contribution in [0, 0.1) is 6.92 Å². The number of halogens is 2. The van der Waals surface area contributed by atoms with Gasteiger partial charge in [-0.05, 0) is 37.0 Å². The van der Waals surface area contributed by atoms with Crippen LogP contribution in [0.15, 0.2) is 18.2 Å². The Morgan fingerprint density at radius 1 is 1.41 bits per heavy atom. The zero-order valence-corrected chi connectivity index (χ0v) is 9.88. The number of aryl methyl sites for hydroxylation is 1. The lowest BCUT2D eigenvalue weighted by Crippen LogP contribution is -2.41. The van der Waals surface area contributed by atoms with Crippen LogP contribution in [-0.2, 0) is 5.41 Å². The largest absolute Gasteiger partial charge is 0.435 e. The molecule has 0 aliphatic heterocycles. The van der Waals surface area contributed by atoms with E-state index in [-0.39, 0.29) is 11.2 Å². The van der Waals surface area contributed by atoms with Crippen molar-refractivity contribution in [3.63, 3.8) is 0 Å². The first-order valence-corrected chi connectivity index (χ1v) is 5.83. The summed E-state index contributed by atoms with van der Waals surface area (Å²) >= 11 is 0. The molecule has 1 aliphatic carbocycles. The smallest absolute Gasteiger partial charge is 0.387 e. The number of benzene rings is 1. The summed E-state index contributed by atoms with van der Waals surface area (Å²) in [6.07, 6.45) is 3.21. The van der Waals surface area contributed by atoms with Gasteiger partial charge in [0.25, 0.3) is 0 Å². The Morgan fingerprint density at radius 2 is 2.12 bits per heavy atom. The fraction of sp³-hybridized carbons (Fsp3) is 0.538. The SMILES string of the molecule is Cc1ccc(C2(CN)CCC2)cc1OC(F)F. The molecule has 1 saturated carbocycles. The van der Waals surface area contributed by atoms with Crippen LogP contribution in [0.3, 0.4) is 0 Å². The van der Waals surface area contributed by atoms with Crippen molar-refractivity contribution in [3.8, 4) is 5.75 Å². The van der Waals surface area contributed by atoms with Gasteiger partial charge in [0.05, 0.1) is 0 Å². The Hall–Kier alpha value is -1.16. The predicted molar refractivity (Wildman–Crippen MR) is 62.4 cm³/mol. The van der Waals surface area contributed by atoms with E-state index in [9.17, 15) is 8.78 Å². The zero-order valence-electron chi connectivity index (χ0n) is 9.88. The number of rotatable bonds is 4. The predicted octanol–water partition coefficient (Wildman–Crippen LogP) is 2.98. The third-order valence-electron chi connectivity index (χ3n) is 3.72. The Kier molecular flexibility index (Phi) is 3.33. The minimum Gasteiger partial charge on any atom is -0.435 e. The molecule has 1 aliphatic rings. The second kappa shape index (κ2) is 4.61. The van der Waals surface area contributed by atoms with Crippen LogP contribution in [0.25, 0.3) is 0 Å². The lowest BCUT2D eigenvalue weighted by atomic mass is 9.64. The molecule has 0 spiro atoms. The minimum absolute atomic E-state index is 0.0199. The summed E-state index contributed by atoms with van der Waals surface area (Å²) in [5, 5.41) is 0. The highest BCUT2D eigenvalue weighted by Gasteiger charge is 2.37. The molecule has 2 rings (SSSR count). The summed E-state index contributed by atoms with van der Waals surface area (Å²) in [5.74, 6) is 0.261. The van der Waals surface area contributed by atoms with Gasteiger partial charge in [-0.2, -0.15) is 8.78 Å². The fourth-order valence-corrected chi connectivity index (χ4v) is 2.37. The molecule has 4 heteroatoms. The van der Waals surface area contributed by atoms with Crippen molar-refractivity contribution in [2.75, 3.05) is 6.54 Å². The van der Waals surface area contributed by atoms with E-state index in [1.54, 1.807) is 13.0 Å². The van der Waals surface area contributed by atoms with Crippen molar-refractivity contribution in [2.24, 2.45) is 5.73 Å². The third-order valence-corrected chi connectivity index (χ3v) is 3.72. The summed E-state index contributed by atoms with van der Waals surface area (Å²) in [4.78, 5) is 0. The van der Waals surface area contributed by atoms with Gasteiger partial charge < -0.3 is 10.5 Å². The van der Waals surface area contributed by atoms with Gasteiger partial charge >= 0.3 is 6.61 Å². The Labute approximate surface area is 99.8 Å². The second-order valence-electron chi connectivity index (χ2n) is 4.70. The van der Waals surface area contributed by atoms with Gasteiger partial charge in [0, 0.05) is 12.0 Å². The highest BCUT2D eigenvalue weighted by atomic mass is 19.3. The monoisotopic (exact) mass is 241 g/mol. The lowest BCUT2D eigenvalue weighted by Gasteiger charge is -2.41. The Morgan fingerprint density at radius 3 is 2.59 bits per heavy atom. The van der Waals surface area contributed by atoms with E-state index in [4.69, 9.17) is 5.73 Å². The average Bonchev–Trinajstić information content (AvgIpc) is 2.21. The molecule has 0 unspecified atom stereocenters. The summed E-state index contributed by atoms with van der Waals surface area (Å²) in [6, 6.07) is 5.51. The number of ether oxygens (including phenoxy) is 1. The van der Waals surface area contributed by atoms with Crippen molar-refractivity contribution in [2.45, 2.75) is 38.2 Å². The van der Waals surface area contributed by atoms with Gasteiger partial charge in [0.2, 0.25) is 0 Å². The summed E-state index contributed by atoms with van der Waals surface area (Å²) in [5.41, 5.74) is 7.52. The van der Waals surface area contributed by atoms with E-state index in [1.165, 1.54) is 0 Å². The van der Waals surface area contributed by atoms with Gasteiger partial charge in [-0.25, -0.2) is 0 Å². The van der Waals surface area contributed by atoms with Crippen LogP contribution in [0.5, 0.6) is 5.75 Å². The molecular formula is C13H17F2NO. The standard InChI is InChI=1S/C13H17F2NO/c1-9-3-4-10(7-11(9)17-12(14)15)13(8-16)5-2-6-13/h3-4,7,12H,2,5-6,8,16H2,1H3. The highest BCUT2D eigenvalue weighted by Crippen LogP contribution is 2.44. The first kappa shape index (κ1) is 12.3. The summed E-state index contributed by atoms with van der Waals surface area (Å²) in [6.45, 7) is -0.458. The van der Waals surface area contributed by atoms with Crippen molar-refractivity contribution in [3.05, 3.63) is 29.3 Å². The zero-order chi connectivity index (χ0) is 12.5. The second-order valence-corrected chi connectivity index (χ2v) is 4.70. The molecule has 17 heavy (non-hydrogen) atoms. The van der Waals surface area contributed by atoms with Crippen LogP contribution in [-0.4, -0.2) is 13.2 Å². The summed E-state index contributed by atoms with van der Waals surface area (Å²) in [7, 11) is 0. The number of hydrogen-bond acceptors (Lipinski definition) is 2. The van der Waals surface area contributed by atoms with Crippen molar-refractivity contribution in [1.82, 2.24) is 0 Å². The van der Waals surface area contributed by atoms with E-state index in [2.05, 4.69) is 4.74 Å². The first-order valence-electron chi connectivity index (χ1n) is 5.83. The molecular weight excluding hydrogens is 224 g/mol. The van der Waals surface area contributed by atoms with Gasteiger partial charge in [-0.3, -0.25) is 0 Å². The quantitative estimate of drug-likeness (QED) is 0.879. The third kappa shape index (κ3) is 2.27. The molecule has 1 fully saturated rings. The number of alkyl halides is 2. The average molecular weight is 241 g/mol. The Balaban J connectivity index is 2.30. The molecule has 2 nitrogen and oxygen atoms in total. The minimum atomic E-state index is -2.78. The van der Waals surface area contributed by atoms with E-state index in [1.807, 2.05) is 12.1 Å². The molecule has 0 aromatic heterocycles. The lowest BCUT2D eigenvalue weighted by molar-refractivity contribution is -0.0504. The molecule has 0 heterocycles. The molecule has 0 atom stereocenters. The van der Waals surface area contributed by atoms with Crippen LogP contribution in [0.4, 0.5) is 8.78 Å². The van der Waals surface area contributed by atoms with Gasteiger partial charge in [-0.15, -0.1) is 0 Å².